The number of hydrogen-bond donors (Lipinski definition) is 0. The Labute approximate surface area is 94.7 Å². The molecule has 2 rings (SSSR count). The maximum Gasteiger partial charge on any atom is 0.356 e. The van der Waals surface area contributed by atoms with E-state index in [1.54, 1.807) is 0 Å². The van der Waals surface area contributed by atoms with Crippen LogP contribution in [0.2, 0.25) is 0 Å². The Morgan fingerprint density at radius 3 is 2.81 bits per heavy atom. The molecule has 2 unspecified atom stereocenters. The van der Waals surface area contributed by atoms with Gasteiger partial charge >= 0.3 is 5.97 Å². The van der Waals surface area contributed by atoms with Crippen LogP contribution in [0.3, 0.4) is 0 Å². The molecule has 5 heteroatoms. The molecule has 2 aliphatic rings. The minimum absolute atomic E-state index is 0.176. The molecule has 5 nitrogen and oxygen atoms in total. The molecule has 0 aromatic heterocycles. The lowest BCUT2D eigenvalue weighted by Crippen LogP contribution is -2.49. The Morgan fingerprint density at radius 1 is 1.56 bits per heavy atom. The van der Waals surface area contributed by atoms with Crippen LogP contribution in [0.25, 0.3) is 0 Å². The summed E-state index contributed by atoms with van der Waals surface area (Å²) in [6.45, 7) is 6.55. The molecule has 0 aromatic rings. The van der Waals surface area contributed by atoms with E-state index in [4.69, 9.17) is 14.3 Å². The van der Waals surface area contributed by atoms with Crippen LogP contribution in [0, 0.1) is 5.41 Å². The molecule has 2 atom stereocenters. The van der Waals surface area contributed by atoms with Gasteiger partial charge in [-0.1, -0.05) is 25.9 Å². The van der Waals surface area contributed by atoms with Crippen molar-refractivity contribution in [3.8, 4) is 0 Å². The van der Waals surface area contributed by atoms with E-state index in [2.05, 4.69) is 5.16 Å². The summed E-state index contributed by atoms with van der Waals surface area (Å²) in [7, 11) is 1.35. The van der Waals surface area contributed by atoms with Crippen molar-refractivity contribution in [2.45, 2.75) is 38.9 Å². The van der Waals surface area contributed by atoms with Crippen molar-refractivity contribution in [1.82, 2.24) is 0 Å². The molecule has 1 fully saturated rings. The number of nitrogens with zero attached hydrogens (tertiary/aromatic N) is 1. The first-order valence-corrected chi connectivity index (χ1v) is 5.38. The smallest absolute Gasteiger partial charge is 0.356 e. The van der Waals surface area contributed by atoms with E-state index in [-0.39, 0.29) is 5.41 Å². The van der Waals surface area contributed by atoms with Crippen LogP contribution in [0.4, 0.5) is 0 Å². The Balaban J connectivity index is 2.31. The van der Waals surface area contributed by atoms with Crippen molar-refractivity contribution < 1.29 is 19.1 Å². The topological polar surface area (TPSA) is 57.1 Å². The van der Waals surface area contributed by atoms with E-state index >= 15 is 0 Å². The Morgan fingerprint density at radius 2 is 2.25 bits per heavy atom. The van der Waals surface area contributed by atoms with E-state index in [1.165, 1.54) is 7.11 Å². The molecule has 0 saturated carbocycles. The first kappa shape index (κ1) is 11.4. The molecular formula is C11H17NO4. The van der Waals surface area contributed by atoms with Gasteiger partial charge in [0.05, 0.1) is 19.4 Å². The summed E-state index contributed by atoms with van der Waals surface area (Å²) in [4.78, 5) is 17.1. The number of esters is 1. The first-order valence-electron chi connectivity index (χ1n) is 5.38. The molecule has 2 heterocycles. The second-order valence-electron chi connectivity index (χ2n) is 5.20. The molecule has 16 heavy (non-hydrogen) atoms. The molecule has 0 aromatic carbocycles. The highest BCUT2D eigenvalue weighted by Gasteiger charge is 2.61. The van der Waals surface area contributed by atoms with Crippen molar-refractivity contribution in [2.75, 3.05) is 13.7 Å². The number of hydrogen-bond acceptors (Lipinski definition) is 5. The maximum atomic E-state index is 11.8. The molecule has 0 amide bonds. The van der Waals surface area contributed by atoms with Gasteiger partial charge in [0.25, 0.3) is 5.60 Å². The van der Waals surface area contributed by atoms with Gasteiger partial charge in [-0.05, 0) is 0 Å². The number of oxime groups is 1. The zero-order valence-corrected chi connectivity index (χ0v) is 10.1. The van der Waals surface area contributed by atoms with E-state index in [9.17, 15) is 4.79 Å². The fourth-order valence-electron chi connectivity index (χ4n) is 2.12. The monoisotopic (exact) mass is 227 g/mol. The van der Waals surface area contributed by atoms with Gasteiger partial charge in [-0.2, -0.15) is 0 Å². The van der Waals surface area contributed by atoms with Gasteiger partial charge in [0, 0.05) is 11.8 Å². The van der Waals surface area contributed by atoms with Crippen molar-refractivity contribution in [3.05, 3.63) is 0 Å². The summed E-state index contributed by atoms with van der Waals surface area (Å²) in [6, 6.07) is 0. The summed E-state index contributed by atoms with van der Waals surface area (Å²) in [6.07, 6.45) is 0.0906. The minimum Gasteiger partial charge on any atom is -0.466 e. The van der Waals surface area contributed by atoms with E-state index in [0.29, 0.717) is 13.0 Å². The Kier molecular flexibility index (Phi) is 2.45. The van der Waals surface area contributed by atoms with Crippen molar-refractivity contribution >= 4 is 11.7 Å². The van der Waals surface area contributed by atoms with Gasteiger partial charge in [0.1, 0.15) is 0 Å². The van der Waals surface area contributed by atoms with Crippen molar-refractivity contribution in [1.29, 1.82) is 0 Å². The van der Waals surface area contributed by atoms with Crippen LogP contribution in [-0.2, 0) is 19.1 Å². The van der Waals surface area contributed by atoms with E-state index < -0.39 is 17.7 Å². The third-order valence-corrected chi connectivity index (χ3v) is 3.04. The standard InChI is InChI=1S/C11H17NO4/c1-10(2,3)7-8-11(16-12-7,5-6-15-8)9(13)14-4/h8H,5-6H2,1-4H3. The number of carbonyl (C=O) groups excluding carboxylic acids is 1. The predicted molar refractivity (Wildman–Crippen MR) is 57.1 cm³/mol. The highest BCUT2D eigenvalue weighted by molar-refractivity contribution is 6.01. The number of rotatable bonds is 1. The highest BCUT2D eigenvalue weighted by Crippen LogP contribution is 2.41. The molecule has 0 N–H and O–H groups in total. The van der Waals surface area contributed by atoms with Gasteiger partial charge in [-0.3, -0.25) is 0 Å². The van der Waals surface area contributed by atoms with Crippen LogP contribution in [-0.4, -0.2) is 37.1 Å². The van der Waals surface area contributed by atoms with Crippen LogP contribution in [0.5, 0.6) is 0 Å². The highest BCUT2D eigenvalue weighted by atomic mass is 16.7. The molecule has 1 saturated heterocycles. The summed E-state index contributed by atoms with van der Waals surface area (Å²) in [5.41, 5.74) is -0.447. The van der Waals surface area contributed by atoms with Crippen LogP contribution in [0.15, 0.2) is 5.16 Å². The molecule has 0 bridgehead atoms. The summed E-state index contributed by atoms with van der Waals surface area (Å²) in [5.74, 6) is -0.405. The first-order chi connectivity index (χ1) is 7.42. The van der Waals surface area contributed by atoms with Gasteiger partial charge < -0.3 is 14.3 Å². The number of carbonyl (C=O) groups is 1. The number of ether oxygens (including phenoxy) is 2. The van der Waals surface area contributed by atoms with Gasteiger partial charge in [0.2, 0.25) is 0 Å². The van der Waals surface area contributed by atoms with Crippen LogP contribution in [0.1, 0.15) is 27.2 Å². The van der Waals surface area contributed by atoms with Crippen molar-refractivity contribution in [3.63, 3.8) is 0 Å². The van der Waals surface area contributed by atoms with Gasteiger partial charge in [-0.15, -0.1) is 0 Å². The lowest BCUT2D eigenvalue weighted by Gasteiger charge is -2.25. The van der Waals surface area contributed by atoms with E-state index in [0.717, 1.165) is 5.71 Å². The summed E-state index contributed by atoms with van der Waals surface area (Å²) in [5, 5.41) is 4.02. The average Bonchev–Trinajstić information content (AvgIpc) is 2.71. The molecule has 0 radical (unpaired) electrons. The third kappa shape index (κ3) is 1.42. The van der Waals surface area contributed by atoms with Crippen LogP contribution >= 0.6 is 0 Å². The zero-order valence-electron chi connectivity index (χ0n) is 10.1. The maximum absolute atomic E-state index is 11.8. The lowest BCUT2D eigenvalue weighted by atomic mass is 9.81. The molecular weight excluding hydrogens is 210 g/mol. The average molecular weight is 227 g/mol. The van der Waals surface area contributed by atoms with Crippen molar-refractivity contribution in [2.24, 2.45) is 10.6 Å². The van der Waals surface area contributed by atoms with Gasteiger partial charge in [-0.25, -0.2) is 4.79 Å². The van der Waals surface area contributed by atoms with Crippen LogP contribution < -0.4 is 0 Å². The zero-order chi connectivity index (χ0) is 12.0. The quantitative estimate of drug-likeness (QED) is 0.630. The summed E-state index contributed by atoms with van der Waals surface area (Å²) < 4.78 is 10.4. The predicted octanol–water partition coefficient (Wildman–Crippen LogP) is 1.12. The van der Waals surface area contributed by atoms with Gasteiger partial charge in [0.15, 0.2) is 6.10 Å². The third-order valence-electron chi connectivity index (χ3n) is 3.04. The SMILES string of the molecule is COC(=O)C12CCOC1C(C(C)(C)C)=NO2. The number of fused-ring (bicyclic) bond motifs is 1. The number of methoxy groups -OCH3 is 1. The lowest BCUT2D eigenvalue weighted by molar-refractivity contribution is -0.169. The molecule has 0 aliphatic carbocycles. The minimum atomic E-state index is -1.04. The largest absolute Gasteiger partial charge is 0.466 e. The molecule has 2 aliphatic heterocycles. The summed E-state index contributed by atoms with van der Waals surface area (Å²) >= 11 is 0. The second-order valence-corrected chi connectivity index (χ2v) is 5.20. The molecule has 90 valence electrons. The fourth-order valence-corrected chi connectivity index (χ4v) is 2.12. The fraction of sp³-hybridized carbons (Fsp3) is 0.818. The van der Waals surface area contributed by atoms with E-state index in [1.807, 2.05) is 20.8 Å². The Bertz CT molecular complexity index is 344. The second kappa shape index (κ2) is 3.45. The normalized spacial score (nSPS) is 33.0. The Hall–Kier alpha value is -1.10. The molecule has 0 spiro atoms.